The first-order valence-electron chi connectivity index (χ1n) is 12.8. The Bertz CT molecular complexity index is 1040. The normalized spacial score (nSPS) is 26.1. The first-order valence-corrected chi connectivity index (χ1v) is 12.8. The molecule has 1 saturated heterocycles. The van der Waals surface area contributed by atoms with E-state index >= 15 is 0 Å². The van der Waals surface area contributed by atoms with E-state index in [4.69, 9.17) is 9.47 Å². The van der Waals surface area contributed by atoms with Crippen molar-refractivity contribution in [1.29, 1.82) is 0 Å². The molecule has 5 rings (SSSR count). The van der Waals surface area contributed by atoms with Crippen molar-refractivity contribution >= 4 is 11.6 Å². The molecule has 180 valence electrons. The molecule has 2 heterocycles. The van der Waals surface area contributed by atoms with Crippen molar-refractivity contribution in [2.75, 3.05) is 32.8 Å². The van der Waals surface area contributed by atoms with E-state index in [0.717, 1.165) is 56.8 Å². The Hall–Kier alpha value is -2.50. The Morgan fingerprint density at radius 1 is 1.03 bits per heavy atom. The number of nitrogens with zero attached hydrogens (tertiary/aromatic N) is 1. The Morgan fingerprint density at radius 3 is 2.53 bits per heavy atom. The van der Waals surface area contributed by atoms with Crippen LogP contribution < -0.4 is 4.74 Å². The van der Waals surface area contributed by atoms with Crippen LogP contribution in [0.25, 0.3) is 0 Å². The highest BCUT2D eigenvalue weighted by Gasteiger charge is 2.40. The van der Waals surface area contributed by atoms with Crippen molar-refractivity contribution in [3.05, 3.63) is 64.7 Å². The maximum Gasteiger partial charge on any atom is 0.166 e. The van der Waals surface area contributed by atoms with Gasteiger partial charge in [0.15, 0.2) is 11.6 Å². The molecule has 5 heteroatoms. The lowest BCUT2D eigenvalue weighted by Crippen LogP contribution is -2.37. The Labute approximate surface area is 202 Å². The van der Waals surface area contributed by atoms with Gasteiger partial charge in [-0.1, -0.05) is 37.3 Å². The smallest absolute Gasteiger partial charge is 0.166 e. The summed E-state index contributed by atoms with van der Waals surface area (Å²) in [4.78, 5) is 28.6. The fraction of sp³-hybridized carbons (Fsp3) is 0.517. The number of hydrogen-bond donors (Lipinski definition) is 0. The van der Waals surface area contributed by atoms with Crippen LogP contribution >= 0.6 is 0 Å². The van der Waals surface area contributed by atoms with Gasteiger partial charge >= 0.3 is 0 Å². The minimum absolute atomic E-state index is 0.0227. The van der Waals surface area contributed by atoms with E-state index in [1.807, 2.05) is 38.1 Å². The number of fused-ring (bicyclic) bond motifs is 1. The number of benzene rings is 2. The van der Waals surface area contributed by atoms with E-state index in [-0.39, 0.29) is 23.6 Å². The maximum atomic E-state index is 13.4. The third-order valence-corrected chi connectivity index (χ3v) is 7.76. The predicted octanol–water partition coefficient (Wildman–Crippen LogP) is 5.12. The number of carbonyl (C=O) groups is 2. The lowest BCUT2D eigenvalue weighted by molar-refractivity contribution is 0.0366. The summed E-state index contributed by atoms with van der Waals surface area (Å²) in [6, 6.07) is 14.0. The summed E-state index contributed by atoms with van der Waals surface area (Å²) < 4.78 is 11.7. The number of hydrogen-bond acceptors (Lipinski definition) is 5. The number of rotatable bonds is 9. The minimum Gasteiger partial charge on any atom is -0.489 e. The summed E-state index contributed by atoms with van der Waals surface area (Å²) in [5.74, 6) is 1.97. The molecule has 2 aliphatic heterocycles. The summed E-state index contributed by atoms with van der Waals surface area (Å²) in [6.07, 6.45) is 3.17. The second-order valence-corrected chi connectivity index (χ2v) is 10.1. The van der Waals surface area contributed by atoms with Gasteiger partial charge in [0, 0.05) is 43.0 Å². The van der Waals surface area contributed by atoms with Gasteiger partial charge in [0.25, 0.3) is 0 Å². The van der Waals surface area contributed by atoms with Crippen molar-refractivity contribution in [2.24, 2.45) is 11.8 Å². The first-order chi connectivity index (χ1) is 16.5. The zero-order valence-electron chi connectivity index (χ0n) is 20.3. The molecule has 3 aliphatic rings. The van der Waals surface area contributed by atoms with Crippen molar-refractivity contribution < 1.29 is 19.1 Å². The average molecular weight is 462 g/mol. The van der Waals surface area contributed by atoms with Crippen LogP contribution in [0, 0.1) is 11.8 Å². The second kappa shape index (κ2) is 10.0. The molecule has 0 spiro atoms. The largest absolute Gasteiger partial charge is 0.489 e. The monoisotopic (exact) mass is 461 g/mol. The lowest BCUT2D eigenvalue weighted by Gasteiger charge is -2.26. The maximum absolute atomic E-state index is 13.4. The molecule has 1 saturated carbocycles. The SMILES string of the molecule is CCC(=O)c1cc(C(=O)C[C@H]2C[C@@H]2CCN2CCOCC2)cc2c1O[C@H](C)[C@H]2c1ccccc1. The van der Waals surface area contributed by atoms with Crippen LogP contribution in [0.5, 0.6) is 5.75 Å². The van der Waals surface area contributed by atoms with E-state index in [1.54, 1.807) is 6.07 Å². The van der Waals surface area contributed by atoms with E-state index in [0.29, 0.717) is 41.6 Å². The third kappa shape index (κ3) is 4.82. The molecule has 0 N–H and O–H groups in total. The van der Waals surface area contributed by atoms with Gasteiger partial charge in [0.2, 0.25) is 0 Å². The van der Waals surface area contributed by atoms with E-state index in [1.165, 1.54) is 0 Å². The van der Waals surface area contributed by atoms with Crippen molar-refractivity contribution in [1.82, 2.24) is 4.90 Å². The van der Waals surface area contributed by atoms with Crippen molar-refractivity contribution in [3.63, 3.8) is 0 Å². The number of Topliss-reactive ketones (excluding diaryl/α,β-unsaturated/α-hetero) is 2. The van der Waals surface area contributed by atoms with Crippen LogP contribution in [0.15, 0.2) is 42.5 Å². The molecule has 4 atom stereocenters. The highest BCUT2D eigenvalue weighted by Crippen LogP contribution is 2.47. The number of ether oxygens (including phenoxy) is 2. The fourth-order valence-electron chi connectivity index (χ4n) is 5.63. The molecule has 2 aromatic rings. The van der Waals surface area contributed by atoms with Gasteiger partial charge in [0.05, 0.1) is 18.8 Å². The highest BCUT2D eigenvalue weighted by atomic mass is 16.5. The molecular weight excluding hydrogens is 426 g/mol. The summed E-state index contributed by atoms with van der Waals surface area (Å²) >= 11 is 0. The molecule has 34 heavy (non-hydrogen) atoms. The minimum atomic E-state index is -0.0841. The molecule has 0 amide bonds. The Balaban J connectivity index is 1.32. The third-order valence-electron chi connectivity index (χ3n) is 7.76. The van der Waals surface area contributed by atoms with E-state index < -0.39 is 0 Å². The fourth-order valence-corrected chi connectivity index (χ4v) is 5.63. The molecule has 2 aromatic carbocycles. The molecule has 0 radical (unpaired) electrons. The molecular formula is C29H35NO4. The summed E-state index contributed by atoms with van der Waals surface area (Å²) in [6.45, 7) is 8.69. The van der Waals surface area contributed by atoms with Gasteiger partial charge in [-0.05, 0) is 55.8 Å². The highest BCUT2D eigenvalue weighted by molar-refractivity contribution is 6.04. The van der Waals surface area contributed by atoms with Crippen LogP contribution in [0.4, 0.5) is 0 Å². The van der Waals surface area contributed by atoms with Gasteiger partial charge in [0.1, 0.15) is 11.9 Å². The molecule has 1 aliphatic carbocycles. The van der Waals surface area contributed by atoms with Crippen LogP contribution in [0.3, 0.4) is 0 Å². The van der Waals surface area contributed by atoms with Gasteiger partial charge in [-0.3, -0.25) is 14.5 Å². The van der Waals surface area contributed by atoms with E-state index in [9.17, 15) is 9.59 Å². The number of morpholine rings is 1. The van der Waals surface area contributed by atoms with Crippen LogP contribution in [0.2, 0.25) is 0 Å². The molecule has 0 aromatic heterocycles. The molecule has 0 unspecified atom stereocenters. The second-order valence-electron chi connectivity index (χ2n) is 10.1. The van der Waals surface area contributed by atoms with Gasteiger partial charge in [-0.2, -0.15) is 0 Å². The van der Waals surface area contributed by atoms with Gasteiger partial charge in [-0.25, -0.2) is 0 Å². The summed E-state index contributed by atoms with van der Waals surface area (Å²) in [5.41, 5.74) is 3.35. The van der Waals surface area contributed by atoms with Crippen LogP contribution in [0.1, 0.15) is 77.3 Å². The molecule has 2 fully saturated rings. The van der Waals surface area contributed by atoms with E-state index in [2.05, 4.69) is 17.0 Å². The summed E-state index contributed by atoms with van der Waals surface area (Å²) in [5, 5.41) is 0. The van der Waals surface area contributed by atoms with Crippen LogP contribution in [-0.4, -0.2) is 55.4 Å². The van der Waals surface area contributed by atoms with Gasteiger partial charge < -0.3 is 9.47 Å². The average Bonchev–Trinajstić information content (AvgIpc) is 3.52. The Morgan fingerprint density at radius 2 is 1.79 bits per heavy atom. The topological polar surface area (TPSA) is 55.8 Å². The lowest BCUT2D eigenvalue weighted by atomic mass is 9.85. The number of carbonyl (C=O) groups excluding carboxylic acids is 2. The zero-order valence-corrected chi connectivity index (χ0v) is 20.3. The summed E-state index contributed by atoms with van der Waals surface area (Å²) in [7, 11) is 0. The predicted molar refractivity (Wildman–Crippen MR) is 132 cm³/mol. The quantitative estimate of drug-likeness (QED) is 0.485. The van der Waals surface area contributed by atoms with Crippen molar-refractivity contribution in [3.8, 4) is 5.75 Å². The molecule has 0 bridgehead atoms. The standard InChI is InChI=1S/C29H35NO4/c1-3-26(31)24-16-23(17-25-28(19(2)34-29(24)25)20-7-5-4-6-8-20)27(32)18-22-15-21(22)9-10-30-11-13-33-14-12-30/h4-8,16-17,19,21-22,28H,3,9-15,18H2,1-2H3/t19-,21+,22-,28+/m1/s1. The Kier molecular flexibility index (Phi) is 6.84. The number of ketones is 2. The molecule has 5 nitrogen and oxygen atoms in total. The van der Waals surface area contributed by atoms with Gasteiger partial charge in [-0.15, -0.1) is 0 Å². The zero-order chi connectivity index (χ0) is 23.7. The van der Waals surface area contributed by atoms with Crippen molar-refractivity contribution in [2.45, 2.75) is 51.6 Å². The first kappa shape index (κ1) is 23.3. The van der Waals surface area contributed by atoms with Crippen LogP contribution in [-0.2, 0) is 4.74 Å².